The predicted molar refractivity (Wildman–Crippen MR) is 59.2 cm³/mol. The van der Waals surface area contributed by atoms with Crippen LogP contribution in [0.25, 0.3) is 0 Å². The Labute approximate surface area is 97.2 Å². The number of benzene rings is 1. The number of nitro groups is 1. The number of carbonyl (C=O) groups is 1. The first kappa shape index (κ1) is 11.1. The molecular formula is C11H10N2O4. The third-order valence-electron chi connectivity index (χ3n) is 2.37. The molecule has 1 aliphatic heterocycles. The van der Waals surface area contributed by atoms with Crippen LogP contribution in [0.5, 0.6) is 0 Å². The molecule has 0 saturated carbocycles. The van der Waals surface area contributed by atoms with Crippen LogP contribution in [0.4, 0.5) is 5.69 Å². The van der Waals surface area contributed by atoms with E-state index in [1.807, 2.05) is 0 Å². The first-order valence-electron chi connectivity index (χ1n) is 5.02. The van der Waals surface area contributed by atoms with Gasteiger partial charge in [0.05, 0.1) is 17.7 Å². The zero-order valence-electron chi connectivity index (χ0n) is 8.91. The van der Waals surface area contributed by atoms with Gasteiger partial charge in [-0.15, -0.1) is 0 Å². The van der Waals surface area contributed by atoms with E-state index in [4.69, 9.17) is 4.74 Å². The first-order chi connectivity index (χ1) is 8.18. The third-order valence-corrected chi connectivity index (χ3v) is 2.37. The van der Waals surface area contributed by atoms with Crippen molar-refractivity contribution in [1.82, 2.24) is 4.90 Å². The minimum Gasteiger partial charge on any atom is -0.498 e. The summed E-state index contributed by atoms with van der Waals surface area (Å²) in [5.74, 6) is -0.195. The van der Waals surface area contributed by atoms with Gasteiger partial charge < -0.3 is 9.64 Å². The lowest BCUT2D eigenvalue weighted by molar-refractivity contribution is -0.384. The van der Waals surface area contributed by atoms with Gasteiger partial charge >= 0.3 is 0 Å². The number of hydrogen-bond acceptors (Lipinski definition) is 4. The Morgan fingerprint density at radius 3 is 2.59 bits per heavy atom. The fraction of sp³-hybridized carbons (Fsp3) is 0.182. The Kier molecular flexibility index (Phi) is 3.04. The maximum absolute atomic E-state index is 11.9. The molecule has 0 N–H and O–H groups in total. The maximum atomic E-state index is 11.9. The van der Waals surface area contributed by atoms with E-state index in [1.54, 1.807) is 6.20 Å². The van der Waals surface area contributed by atoms with Gasteiger partial charge in [-0.25, -0.2) is 0 Å². The van der Waals surface area contributed by atoms with Crippen molar-refractivity contribution in [2.24, 2.45) is 0 Å². The second-order valence-electron chi connectivity index (χ2n) is 3.46. The molecular weight excluding hydrogens is 224 g/mol. The Bertz CT molecular complexity index is 467. The molecule has 1 amide bonds. The molecule has 6 nitrogen and oxygen atoms in total. The summed E-state index contributed by atoms with van der Waals surface area (Å²) in [6.07, 6.45) is 3.00. The van der Waals surface area contributed by atoms with Gasteiger partial charge in [0.1, 0.15) is 6.61 Å². The zero-order chi connectivity index (χ0) is 12.3. The van der Waals surface area contributed by atoms with Crippen LogP contribution in [-0.2, 0) is 4.74 Å². The highest BCUT2D eigenvalue weighted by Crippen LogP contribution is 2.14. The third kappa shape index (κ3) is 2.41. The molecule has 0 saturated heterocycles. The van der Waals surface area contributed by atoms with Gasteiger partial charge in [-0.3, -0.25) is 14.9 Å². The van der Waals surface area contributed by atoms with E-state index in [2.05, 4.69) is 0 Å². The molecule has 0 aliphatic carbocycles. The number of hydrogen-bond donors (Lipinski definition) is 0. The largest absolute Gasteiger partial charge is 0.498 e. The number of nitrogens with zero attached hydrogens (tertiary/aromatic N) is 2. The summed E-state index contributed by atoms with van der Waals surface area (Å²) in [6, 6.07) is 5.53. The minimum absolute atomic E-state index is 0.0286. The summed E-state index contributed by atoms with van der Waals surface area (Å²) in [5, 5.41) is 10.5. The van der Waals surface area contributed by atoms with Crippen LogP contribution < -0.4 is 0 Å². The molecule has 0 fully saturated rings. The molecule has 1 aromatic rings. The molecule has 0 aromatic heterocycles. The molecule has 88 valence electrons. The van der Waals surface area contributed by atoms with Gasteiger partial charge in [-0.2, -0.15) is 0 Å². The quantitative estimate of drug-likeness (QED) is 0.574. The van der Waals surface area contributed by atoms with Crippen molar-refractivity contribution in [1.29, 1.82) is 0 Å². The van der Waals surface area contributed by atoms with Crippen LogP contribution in [0.1, 0.15) is 10.4 Å². The molecule has 2 rings (SSSR count). The minimum atomic E-state index is -0.497. The summed E-state index contributed by atoms with van der Waals surface area (Å²) in [5.41, 5.74) is 0.390. The fourth-order valence-corrected chi connectivity index (χ4v) is 1.47. The molecule has 17 heavy (non-hydrogen) atoms. The Balaban J connectivity index is 2.16. The Morgan fingerprint density at radius 2 is 2.06 bits per heavy atom. The molecule has 1 heterocycles. The lowest BCUT2D eigenvalue weighted by Crippen LogP contribution is -2.31. The normalized spacial score (nSPS) is 14.2. The monoisotopic (exact) mass is 234 g/mol. The molecule has 6 heteroatoms. The van der Waals surface area contributed by atoms with E-state index >= 15 is 0 Å². The van der Waals surface area contributed by atoms with Crippen LogP contribution in [0.15, 0.2) is 36.7 Å². The van der Waals surface area contributed by atoms with Crippen molar-refractivity contribution in [2.45, 2.75) is 0 Å². The average molecular weight is 234 g/mol. The average Bonchev–Trinajstić information content (AvgIpc) is 2.39. The van der Waals surface area contributed by atoms with Gasteiger partial charge in [0, 0.05) is 23.9 Å². The summed E-state index contributed by atoms with van der Waals surface area (Å²) in [7, 11) is 0. The second-order valence-corrected chi connectivity index (χ2v) is 3.46. The fourth-order valence-electron chi connectivity index (χ4n) is 1.47. The van der Waals surface area contributed by atoms with Crippen molar-refractivity contribution in [3.05, 3.63) is 52.4 Å². The predicted octanol–water partition coefficient (Wildman–Crippen LogP) is 1.54. The van der Waals surface area contributed by atoms with Crippen molar-refractivity contribution in [3.8, 4) is 0 Å². The number of nitro benzene ring substituents is 1. The number of non-ortho nitro benzene ring substituents is 1. The summed E-state index contributed by atoms with van der Waals surface area (Å²) in [4.78, 5) is 23.4. The number of rotatable bonds is 2. The second kappa shape index (κ2) is 4.65. The molecule has 0 spiro atoms. The van der Waals surface area contributed by atoms with Gasteiger partial charge in [0.25, 0.3) is 11.6 Å². The summed E-state index contributed by atoms with van der Waals surface area (Å²) >= 11 is 0. The van der Waals surface area contributed by atoms with E-state index in [-0.39, 0.29) is 11.6 Å². The van der Waals surface area contributed by atoms with Gasteiger partial charge in [-0.05, 0) is 12.1 Å². The van der Waals surface area contributed by atoms with Crippen LogP contribution in [-0.4, -0.2) is 28.9 Å². The van der Waals surface area contributed by atoms with Crippen LogP contribution in [0, 0.1) is 10.1 Å². The highest BCUT2D eigenvalue weighted by Gasteiger charge is 2.16. The van der Waals surface area contributed by atoms with Crippen LogP contribution in [0.3, 0.4) is 0 Å². The van der Waals surface area contributed by atoms with Gasteiger partial charge in [-0.1, -0.05) is 0 Å². The van der Waals surface area contributed by atoms with Crippen LogP contribution in [0.2, 0.25) is 0 Å². The molecule has 0 atom stereocenters. The Hall–Kier alpha value is -2.37. The molecule has 0 bridgehead atoms. The first-order valence-corrected chi connectivity index (χ1v) is 5.02. The van der Waals surface area contributed by atoms with Crippen molar-refractivity contribution in [3.63, 3.8) is 0 Å². The van der Waals surface area contributed by atoms with E-state index < -0.39 is 4.92 Å². The van der Waals surface area contributed by atoms with Gasteiger partial charge in [0.2, 0.25) is 0 Å². The molecule has 1 aliphatic rings. The standard InChI is InChI=1S/C11H10N2O4/c14-11(12-5-7-17-8-6-12)9-1-3-10(4-2-9)13(15)16/h1-5,7H,6,8H2. The molecule has 0 unspecified atom stereocenters. The highest BCUT2D eigenvalue weighted by atomic mass is 16.6. The van der Waals surface area contributed by atoms with E-state index in [0.29, 0.717) is 18.7 Å². The van der Waals surface area contributed by atoms with Crippen molar-refractivity contribution < 1.29 is 14.5 Å². The van der Waals surface area contributed by atoms with Gasteiger partial charge in [0.15, 0.2) is 0 Å². The van der Waals surface area contributed by atoms with Crippen LogP contribution >= 0.6 is 0 Å². The Morgan fingerprint density at radius 1 is 1.35 bits per heavy atom. The summed E-state index contributed by atoms with van der Waals surface area (Å²) < 4.78 is 4.97. The molecule has 0 radical (unpaired) electrons. The number of ether oxygens (including phenoxy) is 1. The zero-order valence-corrected chi connectivity index (χ0v) is 8.91. The maximum Gasteiger partial charge on any atom is 0.269 e. The SMILES string of the molecule is O=C(c1ccc([N+](=O)[O-])cc1)N1C=COCC1. The smallest absolute Gasteiger partial charge is 0.269 e. The highest BCUT2D eigenvalue weighted by molar-refractivity contribution is 5.95. The van der Waals surface area contributed by atoms with Crippen molar-refractivity contribution >= 4 is 11.6 Å². The number of amides is 1. The van der Waals surface area contributed by atoms with E-state index in [9.17, 15) is 14.9 Å². The summed E-state index contributed by atoms with van der Waals surface area (Å²) in [6.45, 7) is 0.932. The lowest BCUT2D eigenvalue weighted by atomic mass is 10.2. The lowest BCUT2D eigenvalue weighted by Gasteiger charge is -2.21. The molecule has 1 aromatic carbocycles. The van der Waals surface area contributed by atoms with Crippen molar-refractivity contribution in [2.75, 3.05) is 13.2 Å². The topological polar surface area (TPSA) is 72.7 Å². The van der Waals surface area contributed by atoms with E-state index in [0.717, 1.165) is 0 Å². The number of carbonyl (C=O) groups excluding carboxylic acids is 1. The van der Waals surface area contributed by atoms with E-state index in [1.165, 1.54) is 35.4 Å².